The van der Waals surface area contributed by atoms with Gasteiger partial charge in [-0.15, -0.1) is 11.3 Å². The molecule has 0 spiro atoms. The third-order valence-electron chi connectivity index (χ3n) is 3.87. The van der Waals surface area contributed by atoms with E-state index >= 15 is 0 Å². The first-order chi connectivity index (χ1) is 9.54. The number of aromatic nitrogens is 1. The number of nitrogens with two attached hydrogens (primary N) is 1. The van der Waals surface area contributed by atoms with E-state index < -0.39 is 0 Å². The number of likely N-dealkylation sites (N-methyl/N-ethyl adjacent to an activating group) is 1. The molecule has 1 aromatic carbocycles. The molecule has 2 aromatic rings. The lowest BCUT2D eigenvalue weighted by molar-refractivity contribution is 0.242. The molecule has 108 valence electrons. The van der Waals surface area contributed by atoms with Gasteiger partial charge in [0.2, 0.25) is 0 Å². The topological polar surface area (TPSA) is 42.1 Å². The van der Waals surface area contributed by atoms with Gasteiger partial charge in [0.15, 0.2) is 0 Å². The molecule has 0 fully saturated rings. The van der Waals surface area contributed by atoms with Crippen LogP contribution in [0, 0.1) is 20.8 Å². The molecule has 0 saturated heterocycles. The molecule has 0 bridgehead atoms. The zero-order valence-electron chi connectivity index (χ0n) is 12.7. The summed E-state index contributed by atoms with van der Waals surface area (Å²) in [4.78, 5) is 7.97. The Labute approximate surface area is 125 Å². The summed E-state index contributed by atoms with van der Waals surface area (Å²) >= 11 is 1.72. The van der Waals surface area contributed by atoms with Gasteiger partial charge < -0.3 is 5.73 Å². The van der Waals surface area contributed by atoms with Gasteiger partial charge in [-0.2, -0.15) is 0 Å². The van der Waals surface area contributed by atoms with Gasteiger partial charge in [-0.05, 0) is 44.5 Å². The Morgan fingerprint density at radius 3 is 2.40 bits per heavy atom. The Kier molecular flexibility index (Phi) is 4.91. The lowest BCUT2D eigenvalue weighted by atomic mass is 9.95. The van der Waals surface area contributed by atoms with Gasteiger partial charge in [0.25, 0.3) is 0 Å². The van der Waals surface area contributed by atoms with E-state index in [0.717, 1.165) is 12.2 Å². The fourth-order valence-corrected chi connectivity index (χ4v) is 3.53. The van der Waals surface area contributed by atoms with E-state index in [1.54, 1.807) is 11.3 Å². The Balaban J connectivity index is 2.26. The van der Waals surface area contributed by atoms with Gasteiger partial charge in [0.1, 0.15) is 0 Å². The maximum absolute atomic E-state index is 6.06. The highest BCUT2D eigenvalue weighted by atomic mass is 32.1. The van der Waals surface area contributed by atoms with E-state index in [2.05, 4.69) is 55.9 Å². The second-order valence-electron chi connectivity index (χ2n) is 5.33. The Hall–Kier alpha value is -1.23. The number of hydrogen-bond donors (Lipinski definition) is 1. The van der Waals surface area contributed by atoms with Crippen molar-refractivity contribution in [3.05, 3.63) is 51.0 Å². The molecule has 0 saturated carbocycles. The fourth-order valence-electron chi connectivity index (χ4n) is 2.69. The van der Waals surface area contributed by atoms with E-state index in [9.17, 15) is 0 Å². The molecule has 4 heteroatoms. The van der Waals surface area contributed by atoms with Crippen molar-refractivity contribution in [3.8, 4) is 0 Å². The van der Waals surface area contributed by atoms with Crippen LogP contribution in [0.1, 0.15) is 33.3 Å². The van der Waals surface area contributed by atoms with E-state index in [-0.39, 0.29) is 6.04 Å². The van der Waals surface area contributed by atoms with E-state index in [4.69, 9.17) is 5.73 Å². The van der Waals surface area contributed by atoms with Crippen LogP contribution < -0.4 is 5.73 Å². The monoisotopic (exact) mass is 289 g/mol. The average Bonchev–Trinajstić information content (AvgIpc) is 2.79. The lowest BCUT2D eigenvalue weighted by Gasteiger charge is -2.29. The molecular weight excluding hydrogens is 266 g/mol. The number of benzene rings is 1. The molecule has 0 aliphatic rings. The molecule has 2 rings (SSSR count). The first-order valence-electron chi connectivity index (χ1n) is 6.90. The maximum Gasteiger partial charge on any atom is 0.0798 e. The minimum atomic E-state index is 0.248. The molecule has 2 N–H and O–H groups in total. The molecule has 1 heterocycles. The Bertz CT molecular complexity index is 557. The van der Waals surface area contributed by atoms with E-state index in [0.29, 0.717) is 6.54 Å². The minimum Gasteiger partial charge on any atom is -0.329 e. The van der Waals surface area contributed by atoms with Crippen LogP contribution in [-0.2, 0) is 6.54 Å². The quantitative estimate of drug-likeness (QED) is 0.919. The van der Waals surface area contributed by atoms with Crippen LogP contribution in [0.4, 0.5) is 0 Å². The molecule has 1 unspecified atom stereocenters. The van der Waals surface area contributed by atoms with Gasteiger partial charge in [-0.25, -0.2) is 4.98 Å². The molecule has 0 aliphatic heterocycles. The molecule has 3 nitrogen and oxygen atoms in total. The smallest absolute Gasteiger partial charge is 0.0798 e. The van der Waals surface area contributed by atoms with Crippen LogP contribution in [0.25, 0.3) is 0 Å². The lowest BCUT2D eigenvalue weighted by Crippen LogP contribution is -2.31. The van der Waals surface area contributed by atoms with Crippen LogP contribution >= 0.6 is 11.3 Å². The largest absolute Gasteiger partial charge is 0.329 e. The molecule has 0 aliphatic carbocycles. The minimum absolute atomic E-state index is 0.248. The second kappa shape index (κ2) is 6.48. The van der Waals surface area contributed by atoms with Crippen molar-refractivity contribution in [2.75, 3.05) is 13.6 Å². The Morgan fingerprint density at radius 2 is 1.90 bits per heavy atom. The van der Waals surface area contributed by atoms with Gasteiger partial charge in [-0.1, -0.05) is 18.2 Å². The molecule has 0 amide bonds. The van der Waals surface area contributed by atoms with Crippen molar-refractivity contribution in [2.24, 2.45) is 5.73 Å². The average molecular weight is 289 g/mol. The van der Waals surface area contributed by atoms with Gasteiger partial charge in [-0.3, -0.25) is 4.90 Å². The van der Waals surface area contributed by atoms with Gasteiger partial charge in [0, 0.05) is 24.0 Å². The summed E-state index contributed by atoms with van der Waals surface area (Å²) in [6.45, 7) is 7.91. The van der Waals surface area contributed by atoms with E-state index in [1.807, 2.05) is 5.51 Å². The van der Waals surface area contributed by atoms with Crippen molar-refractivity contribution in [1.29, 1.82) is 0 Å². The maximum atomic E-state index is 6.06. The number of rotatable bonds is 5. The summed E-state index contributed by atoms with van der Waals surface area (Å²) in [5.41, 5.74) is 13.1. The highest BCUT2D eigenvalue weighted by Crippen LogP contribution is 2.27. The normalized spacial score (nSPS) is 12.9. The SMILES string of the molecule is Cc1cccc(C)c1C(CN)N(C)Cc1scnc1C. The number of hydrogen-bond acceptors (Lipinski definition) is 4. The van der Waals surface area contributed by atoms with Crippen molar-refractivity contribution in [1.82, 2.24) is 9.88 Å². The number of aryl methyl sites for hydroxylation is 3. The van der Waals surface area contributed by atoms with Crippen LogP contribution in [0.15, 0.2) is 23.7 Å². The molecule has 1 atom stereocenters. The summed E-state index contributed by atoms with van der Waals surface area (Å²) in [5, 5.41) is 0. The second-order valence-corrected chi connectivity index (χ2v) is 6.27. The summed E-state index contributed by atoms with van der Waals surface area (Å²) in [5.74, 6) is 0. The van der Waals surface area contributed by atoms with Crippen LogP contribution in [-0.4, -0.2) is 23.5 Å². The molecule has 20 heavy (non-hydrogen) atoms. The van der Waals surface area contributed by atoms with Crippen molar-refractivity contribution < 1.29 is 0 Å². The van der Waals surface area contributed by atoms with Crippen LogP contribution in [0.2, 0.25) is 0 Å². The third kappa shape index (κ3) is 3.08. The summed E-state index contributed by atoms with van der Waals surface area (Å²) in [7, 11) is 2.14. The predicted octanol–water partition coefficient (Wildman–Crippen LogP) is 3.20. The standard InChI is InChI=1S/C16H23N3S/c1-11-6-5-7-12(2)16(11)14(8-17)19(4)9-15-13(3)18-10-20-15/h5-7,10,14H,8-9,17H2,1-4H3. The summed E-state index contributed by atoms with van der Waals surface area (Å²) < 4.78 is 0. The van der Waals surface area contributed by atoms with Crippen molar-refractivity contribution >= 4 is 11.3 Å². The number of nitrogens with zero attached hydrogens (tertiary/aromatic N) is 2. The zero-order valence-corrected chi connectivity index (χ0v) is 13.5. The number of thiazole rings is 1. The molecular formula is C16H23N3S. The predicted molar refractivity (Wildman–Crippen MR) is 86.0 cm³/mol. The van der Waals surface area contributed by atoms with E-state index in [1.165, 1.54) is 21.6 Å². The van der Waals surface area contributed by atoms with Crippen LogP contribution in [0.3, 0.4) is 0 Å². The first kappa shape index (κ1) is 15.2. The Morgan fingerprint density at radius 1 is 1.25 bits per heavy atom. The molecule has 1 aromatic heterocycles. The molecule has 0 radical (unpaired) electrons. The highest BCUT2D eigenvalue weighted by molar-refractivity contribution is 7.09. The van der Waals surface area contributed by atoms with Crippen molar-refractivity contribution in [3.63, 3.8) is 0 Å². The first-order valence-corrected chi connectivity index (χ1v) is 7.78. The van der Waals surface area contributed by atoms with Crippen molar-refractivity contribution in [2.45, 2.75) is 33.4 Å². The highest BCUT2D eigenvalue weighted by Gasteiger charge is 2.20. The van der Waals surface area contributed by atoms with Gasteiger partial charge >= 0.3 is 0 Å². The third-order valence-corrected chi connectivity index (χ3v) is 4.79. The summed E-state index contributed by atoms with van der Waals surface area (Å²) in [6, 6.07) is 6.68. The van der Waals surface area contributed by atoms with Gasteiger partial charge in [0.05, 0.1) is 11.2 Å². The summed E-state index contributed by atoms with van der Waals surface area (Å²) in [6.07, 6.45) is 0. The fraction of sp³-hybridized carbons (Fsp3) is 0.438. The zero-order chi connectivity index (χ0) is 14.7. The van der Waals surface area contributed by atoms with Crippen LogP contribution in [0.5, 0.6) is 0 Å².